The first kappa shape index (κ1) is 67.3. The molecule has 6 heteroatoms. The summed E-state index contributed by atoms with van der Waals surface area (Å²) in [4.78, 5) is 24.5. The maximum absolute atomic E-state index is 12.4. The molecule has 2 atom stereocenters. The minimum absolute atomic E-state index is 0.00826. The summed E-state index contributed by atoms with van der Waals surface area (Å²) in [5.41, 5.74) is 0. The van der Waals surface area contributed by atoms with Gasteiger partial charge >= 0.3 is 5.97 Å². The molecule has 69 heavy (non-hydrogen) atoms. The van der Waals surface area contributed by atoms with Gasteiger partial charge in [0, 0.05) is 12.8 Å². The maximum Gasteiger partial charge on any atom is 0.305 e. The number of aliphatic hydroxyl groups is 2. The van der Waals surface area contributed by atoms with Gasteiger partial charge in [-0.15, -0.1) is 0 Å². The number of esters is 1. The number of aliphatic hydroxyl groups excluding tert-OH is 2. The summed E-state index contributed by atoms with van der Waals surface area (Å²) >= 11 is 0. The predicted molar refractivity (Wildman–Crippen MR) is 301 cm³/mol. The van der Waals surface area contributed by atoms with Crippen LogP contribution in [0.2, 0.25) is 0 Å². The van der Waals surface area contributed by atoms with E-state index in [1.54, 1.807) is 6.08 Å². The molecule has 6 nitrogen and oxygen atoms in total. The highest BCUT2D eigenvalue weighted by Gasteiger charge is 2.18. The lowest BCUT2D eigenvalue weighted by atomic mass is 10.0. The third kappa shape index (κ3) is 55.5. The Bertz CT molecular complexity index is 1080. The first-order valence-corrected chi connectivity index (χ1v) is 31.1. The number of rotatable bonds is 58. The van der Waals surface area contributed by atoms with Gasteiger partial charge in [-0.25, -0.2) is 0 Å². The molecule has 0 aliphatic rings. The number of ether oxygens (including phenoxy) is 1. The van der Waals surface area contributed by atoms with Crippen LogP contribution in [0.5, 0.6) is 0 Å². The molecule has 0 aromatic heterocycles. The van der Waals surface area contributed by atoms with Gasteiger partial charge in [-0.05, 0) is 57.8 Å². The Balaban J connectivity index is 3.42. The molecule has 0 aromatic carbocycles. The zero-order chi connectivity index (χ0) is 50.0. The van der Waals surface area contributed by atoms with Crippen LogP contribution in [-0.2, 0) is 14.3 Å². The Morgan fingerprint density at radius 1 is 0.391 bits per heavy atom. The van der Waals surface area contributed by atoms with Crippen molar-refractivity contribution in [1.82, 2.24) is 5.32 Å². The van der Waals surface area contributed by atoms with Crippen LogP contribution >= 0.6 is 0 Å². The van der Waals surface area contributed by atoms with Gasteiger partial charge < -0.3 is 20.3 Å². The molecule has 0 aliphatic heterocycles. The summed E-state index contributed by atoms with van der Waals surface area (Å²) < 4.78 is 5.50. The Kier molecular flexibility index (Phi) is 57.5. The van der Waals surface area contributed by atoms with Gasteiger partial charge in [-0.1, -0.05) is 295 Å². The third-order valence-corrected chi connectivity index (χ3v) is 14.5. The zero-order valence-electron chi connectivity index (χ0n) is 46.6. The van der Waals surface area contributed by atoms with Crippen molar-refractivity contribution in [2.75, 3.05) is 13.2 Å². The minimum atomic E-state index is -0.850. The quantitative estimate of drug-likeness (QED) is 0.0321. The Hall–Kier alpha value is -1.66. The average Bonchev–Trinajstić information content (AvgIpc) is 3.35. The lowest BCUT2D eigenvalue weighted by Gasteiger charge is -2.20. The van der Waals surface area contributed by atoms with Gasteiger partial charge in [0.2, 0.25) is 5.91 Å². The van der Waals surface area contributed by atoms with Crippen LogP contribution < -0.4 is 5.32 Å². The van der Waals surface area contributed by atoms with Crippen LogP contribution in [0.25, 0.3) is 0 Å². The topological polar surface area (TPSA) is 95.9 Å². The van der Waals surface area contributed by atoms with Crippen molar-refractivity contribution >= 4 is 11.9 Å². The van der Waals surface area contributed by atoms with E-state index in [9.17, 15) is 19.8 Å². The number of unbranched alkanes of at least 4 members (excludes halogenated alkanes) is 45. The third-order valence-electron chi connectivity index (χ3n) is 14.5. The normalized spacial score (nSPS) is 12.7. The summed E-state index contributed by atoms with van der Waals surface area (Å²) in [6.45, 7) is 4.91. The number of amides is 1. The molecule has 408 valence electrons. The van der Waals surface area contributed by atoms with Gasteiger partial charge in [0.1, 0.15) is 0 Å². The van der Waals surface area contributed by atoms with Gasteiger partial charge in [-0.3, -0.25) is 9.59 Å². The standard InChI is InChI=1S/C63H121NO5/c1-3-5-7-9-11-13-15-17-19-20-22-26-29-33-37-41-45-49-53-57-63(68)69-58-54-50-46-42-38-34-30-27-24-21-23-25-28-32-36-40-44-48-52-56-62(67)64-60(59-65)61(66)55-51-47-43-39-35-31-18-16-14-12-10-8-6-4-2/h21,23,51,55,60-61,65-66H,3-20,22,24-50,52-54,56-59H2,1-2H3,(H,64,67)/b23-21-,55-51+. The van der Waals surface area contributed by atoms with Crippen molar-refractivity contribution in [3.05, 3.63) is 24.3 Å². The van der Waals surface area contributed by atoms with E-state index < -0.39 is 12.1 Å². The fourth-order valence-electron chi connectivity index (χ4n) is 9.69. The summed E-state index contributed by atoms with van der Waals surface area (Å²) in [7, 11) is 0. The molecule has 0 heterocycles. The molecule has 0 rings (SSSR count). The van der Waals surface area contributed by atoms with Crippen LogP contribution in [0.1, 0.15) is 341 Å². The van der Waals surface area contributed by atoms with E-state index in [0.29, 0.717) is 19.4 Å². The lowest BCUT2D eigenvalue weighted by Crippen LogP contribution is -2.45. The molecule has 0 aromatic rings. The summed E-state index contributed by atoms with van der Waals surface area (Å²) in [5.74, 6) is -0.0681. The molecule has 0 bridgehead atoms. The van der Waals surface area contributed by atoms with E-state index in [4.69, 9.17) is 4.74 Å². The summed E-state index contributed by atoms with van der Waals surface area (Å²) in [6.07, 6.45) is 72.2. The van der Waals surface area contributed by atoms with E-state index >= 15 is 0 Å². The number of hydrogen-bond donors (Lipinski definition) is 3. The Labute approximate surface area is 431 Å². The SMILES string of the molecule is CCCCCCCCCCCCCC/C=C/C(O)C(CO)NC(=O)CCCCCCCCC/C=C\CCCCCCCCCCOC(=O)CCCCCCCCCCCCCCCCCCCCC. The van der Waals surface area contributed by atoms with E-state index in [1.807, 2.05) is 6.08 Å². The van der Waals surface area contributed by atoms with Crippen molar-refractivity contribution in [3.8, 4) is 0 Å². The molecule has 0 spiro atoms. The lowest BCUT2D eigenvalue weighted by molar-refractivity contribution is -0.143. The molecular weight excluding hydrogens is 851 g/mol. The molecule has 3 N–H and O–H groups in total. The molecule has 0 saturated carbocycles. The van der Waals surface area contributed by atoms with E-state index in [2.05, 4.69) is 31.3 Å². The Morgan fingerprint density at radius 2 is 0.681 bits per heavy atom. The predicted octanol–water partition coefficient (Wildman–Crippen LogP) is 19.4. The summed E-state index contributed by atoms with van der Waals surface area (Å²) in [6, 6.07) is -0.634. The van der Waals surface area contributed by atoms with Crippen LogP contribution in [-0.4, -0.2) is 47.4 Å². The average molecular weight is 973 g/mol. The fraction of sp³-hybridized carbons (Fsp3) is 0.905. The minimum Gasteiger partial charge on any atom is -0.466 e. The molecule has 0 aliphatic carbocycles. The monoisotopic (exact) mass is 972 g/mol. The maximum atomic E-state index is 12.4. The molecule has 1 amide bonds. The van der Waals surface area contributed by atoms with Gasteiger partial charge in [-0.2, -0.15) is 0 Å². The molecule has 0 radical (unpaired) electrons. The van der Waals surface area contributed by atoms with E-state index in [-0.39, 0.29) is 18.5 Å². The van der Waals surface area contributed by atoms with Crippen LogP contribution in [0.4, 0.5) is 0 Å². The number of carbonyl (C=O) groups is 2. The van der Waals surface area contributed by atoms with Gasteiger partial charge in [0.15, 0.2) is 0 Å². The fourth-order valence-corrected chi connectivity index (χ4v) is 9.69. The van der Waals surface area contributed by atoms with E-state index in [0.717, 1.165) is 44.9 Å². The number of hydrogen-bond acceptors (Lipinski definition) is 5. The van der Waals surface area contributed by atoms with Crippen molar-refractivity contribution in [1.29, 1.82) is 0 Å². The first-order chi connectivity index (χ1) is 34.0. The van der Waals surface area contributed by atoms with E-state index in [1.165, 1.54) is 270 Å². The summed E-state index contributed by atoms with van der Waals surface area (Å²) in [5, 5.41) is 23.1. The Morgan fingerprint density at radius 3 is 1.03 bits per heavy atom. The molecule has 0 saturated heterocycles. The number of allylic oxidation sites excluding steroid dienone is 3. The van der Waals surface area contributed by atoms with Crippen LogP contribution in [0.15, 0.2) is 24.3 Å². The van der Waals surface area contributed by atoms with Crippen LogP contribution in [0.3, 0.4) is 0 Å². The van der Waals surface area contributed by atoms with Crippen molar-refractivity contribution in [2.45, 2.75) is 353 Å². The van der Waals surface area contributed by atoms with Gasteiger partial charge in [0.25, 0.3) is 0 Å². The van der Waals surface area contributed by atoms with Crippen LogP contribution in [0, 0.1) is 0 Å². The second-order valence-corrected chi connectivity index (χ2v) is 21.4. The highest BCUT2D eigenvalue weighted by molar-refractivity contribution is 5.76. The molecule has 0 fully saturated rings. The highest BCUT2D eigenvalue weighted by Crippen LogP contribution is 2.17. The van der Waals surface area contributed by atoms with Crippen molar-refractivity contribution in [3.63, 3.8) is 0 Å². The highest BCUT2D eigenvalue weighted by atomic mass is 16.5. The second kappa shape index (κ2) is 58.9. The molecule has 2 unspecified atom stereocenters. The second-order valence-electron chi connectivity index (χ2n) is 21.4. The smallest absolute Gasteiger partial charge is 0.305 e. The largest absolute Gasteiger partial charge is 0.466 e. The van der Waals surface area contributed by atoms with Gasteiger partial charge in [0.05, 0.1) is 25.4 Å². The molecular formula is C63H121NO5. The zero-order valence-corrected chi connectivity index (χ0v) is 46.6. The van der Waals surface area contributed by atoms with Crippen molar-refractivity contribution in [2.24, 2.45) is 0 Å². The number of nitrogens with one attached hydrogen (secondary N) is 1. The number of carbonyl (C=O) groups excluding carboxylic acids is 2. The first-order valence-electron chi connectivity index (χ1n) is 31.1. The van der Waals surface area contributed by atoms with Crippen molar-refractivity contribution < 1.29 is 24.5 Å².